The van der Waals surface area contributed by atoms with Crippen molar-refractivity contribution in [2.24, 2.45) is 0 Å². The third kappa shape index (κ3) is 3.36. The Morgan fingerprint density at radius 3 is 2.41 bits per heavy atom. The molecule has 0 saturated heterocycles. The van der Waals surface area contributed by atoms with Crippen molar-refractivity contribution in [1.29, 1.82) is 0 Å². The molecule has 27 heavy (non-hydrogen) atoms. The molecule has 0 radical (unpaired) electrons. The van der Waals surface area contributed by atoms with E-state index >= 15 is 0 Å². The number of hydrogen-bond donors (Lipinski definition) is 1. The summed E-state index contributed by atoms with van der Waals surface area (Å²) in [5.74, 6) is 0.505. The van der Waals surface area contributed by atoms with Crippen molar-refractivity contribution in [3.63, 3.8) is 0 Å². The molecule has 8 heteroatoms. The highest BCUT2D eigenvalue weighted by atomic mass is 32.1. The normalized spacial score (nSPS) is 10.7. The Morgan fingerprint density at radius 2 is 1.70 bits per heavy atom. The summed E-state index contributed by atoms with van der Waals surface area (Å²) in [7, 11) is 3.02. The van der Waals surface area contributed by atoms with Crippen LogP contribution in [0, 0.1) is 0 Å². The van der Waals surface area contributed by atoms with Gasteiger partial charge in [-0.15, -0.1) is 21.5 Å². The van der Waals surface area contributed by atoms with Crippen LogP contribution in [0.3, 0.4) is 0 Å². The second-order valence-corrected chi connectivity index (χ2v) is 7.61. The molecule has 1 N–H and O–H groups in total. The van der Waals surface area contributed by atoms with Crippen molar-refractivity contribution >= 4 is 43.8 Å². The summed E-state index contributed by atoms with van der Waals surface area (Å²) < 4.78 is 11.8. The lowest BCUT2D eigenvalue weighted by molar-refractivity contribution is 0.102. The zero-order valence-electron chi connectivity index (χ0n) is 14.6. The fraction of sp³-hybridized carbons (Fsp3) is 0.105. The van der Waals surface area contributed by atoms with Crippen molar-refractivity contribution in [2.45, 2.75) is 0 Å². The van der Waals surface area contributed by atoms with E-state index in [2.05, 4.69) is 33.7 Å². The number of carbonyl (C=O) groups is 1. The number of methoxy groups -OCH3 is 2. The molecule has 0 saturated carbocycles. The Labute approximate surface area is 163 Å². The fourth-order valence-electron chi connectivity index (χ4n) is 2.70. The van der Waals surface area contributed by atoms with Crippen LogP contribution in [0.5, 0.6) is 11.5 Å². The van der Waals surface area contributed by atoms with Crippen LogP contribution < -0.4 is 14.8 Å². The molecule has 0 spiro atoms. The van der Waals surface area contributed by atoms with Gasteiger partial charge in [-0.3, -0.25) is 10.1 Å². The van der Waals surface area contributed by atoms with Gasteiger partial charge in [0.25, 0.3) is 5.91 Å². The van der Waals surface area contributed by atoms with Crippen molar-refractivity contribution in [2.75, 3.05) is 19.5 Å². The number of anilines is 1. The van der Waals surface area contributed by atoms with Crippen LogP contribution in [-0.2, 0) is 0 Å². The minimum atomic E-state index is -0.358. The monoisotopic (exact) mass is 397 g/mol. The number of fused-ring (bicyclic) bond motifs is 1. The molecule has 0 fully saturated rings. The third-order valence-corrected chi connectivity index (χ3v) is 6.06. The van der Waals surface area contributed by atoms with E-state index in [0.29, 0.717) is 22.2 Å². The lowest BCUT2D eigenvalue weighted by Crippen LogP contribution is -2.14. The summed E-state index contributed by atoms with van der Waals surface area (Å²) in [6.45, 7) is 0. The van der Waals surface area contributed by atoms with Gasteiger partial charge in [0.1, 0.15) is 17.1 Å². The van der Waals surface area contributed by atoms with Gasteiger partial charge < -0.3 is 9.47 Å². The van der Waals surface area contributed by atoms with Crippen molar-refractivity contribution in [1.82, 2.24) is 10.2 Å². The Kier molecular flexibility index (Phi) is 4.74. The van der Waals surface area contributed by atoms with Gasteiger partial charge >= 0.3 is 0 Å². The molecule has 6 nitrogen and oxygen atoms in total. The van der Waals surface area contributed by atoms with Crippen molar-refractivity contribution < 1.29 is 14.3 Å². The van der Waals surface area contributed by atoms with E-state index in [1.807, 2.05) is 12.1 Å². The van der Waals surface area contributed by atoms with E-state index in [1.165, 1.54) is 30.3 Å². The van der Waals surface area contributed by atoms with E-state index in [1.54, 1.807) is 29.5 Å². The van der Waals surface area contributed by atoms with Crippen molar-refractivity contribution in [3.05, 3.63) is 54.1 Å². The maximum atomic E-state index is 12.7. The summed E-state index contributed by atoms with van der Waals surface area (Å²) in [6, 6.07) is 15.4. The second-order valence-electron chi connectivity index (χ2n) is 5.55. The summed E-state index contributed by atoms with van der Waals surface area (Å²) in [6.07, 6.45) is 0. The van der Waals surface area contributed by atoms with Gasteiger partial charge in [-0.1, -0.05) is 35.6 Å². The predicted molar refractivity (Wildman–Crippen MR) is 108 cm³/mol. The van der Waals surface area contributed by atoms with Crippen LogP contribution in [0.4, 0.5) is 5.13 Å². The number of nitrogens with zero attached hydrogens (tertiary/aromatic N) is 2. The number of hydrogen-bond acceptors (Lipinski definition) is 7. The van der Waals surface area contributed by atoms with Crippen LogP contribution >= 0.6 is 22.7 Å². The van der Waals surface area contributed by atoms with Crippen LogP contribution in [0.1, 0.15) is 10.4 Å². The number of amides is 1. The minimum absolute atomic E-state index is 0.320. The molecule has 0 bridgehead atoms. The fourth-order valence-corrected chi connectivity index (χ4v) is 4.54. The smallest absolute Gasteiger partial charge is 0.265 e. The molecule has 2 aromatic carbocycles. The average Bonchev–Trinajstić information content (AvgIpc) is 3.33. The number of rotatable bonds is 5. The first-order chi connectivity index (χ1) is 13.2. The van der Waals surface area contributed by atoms with Crippen LogP contribution in [-0.4, -0.2) is 30.3 Å². The number of carbonyl (C=O) groups excluding carboxylic acids is 1. The number of ether oxygens (including phenoxy) is 2. The summed E-state index contributed by atoms with van der Waals surface area (Å²) >= 11 is 2.97. The highest BCUT2D eigenvalue weighted by molar-refractivity contribution is 7.26. The number of thiophene rings is 1. The molecule has 0 aliphatic carbocycles. The molecule has 4 rings (SSSR count). The van der Waals surface area contributed by atoms with Crippen molar-refractivity contribution in [3.8, 4) is 21.4 Å². The van der Waals surface area contributed by atoms with E-state index in [9.17, 15) is 4.79 Å². The maximum absolute atomic E-state index is 12.7. The van der Waals surface area contributed by atoms with Gasteiger partial charge in [-0.05, 0) is 29.7 Å². The molecule has 2 aromatic heterocycles. The predicted octanol–water partition coefficient (Wildman–Crippen LogP) is 4.69. The van der Waals surface area contributed by atoms with Gasteiger partial charge in [0.05, 0.1) is 19.1 Å². The maximum Gasteiger partial charge on any atom is 0.265 e. The standard InChI is InChI=1S/C19H15N3O3S2/c1-24-12-7-5-8-13(25-2)16(12)17(23)20-19-22-21-18(27-19)15-10-11-6-3-4-9-14(11)26-15/h3-10H,1-2H3,(H,20,22,23). The first kappa shape index (κ1) is 17.4. The summed E-state index contributed by atoms with van der Waals surface area (Å²) in [4.78, 5) is 13.7. The molecule has 136 valence electrons. The number of aromatic nitrogens is 2. The molecule has 0 unspecified atom stereocenters. The zero-order valence-corrected chi connectivity index (χ0v) is 16.2. The quantitative estimate of drug-likeness (QED) is 0.529. The Hall–Kier alpha value is -2.97. The first-order valence-corrected chi connectivity index (χ1v) is 9.67. The van der Waals surface area contributed by atoms with E-state index < -0.39 is 0 Å². The number of nitrogens with one attached hydrogen (secondary N) is 1. The molecular formula is C19H15N3O3S2. The third-order valence-electron chi connectivity index (χ3n) is 3.94. The van der Waals surface area contributed by atoms with Gasteiger partial charge in [0.2, 0.25) is 5.13 Å². The zero-order chi connectivity index (χ0) is 18.8. The summed E-state index contributed by atoms with van der Waals surface area (Å²) in [5.41, 5.74) is 0.320. The molecule has 1 amide bonds. The Bertz CT molecular complexity index is 1070. The Morgan fingerprint density at radius 1 is 0.963 bits per heavy atom. The lowest BCUT2D eigenvalue weighted by atomic mass is 10.1. The summed E-state index contributed by atoms with van der Waals surface area (Å²) in [5, 5.41) is 13.4. The van der Waals surface area contributed by atoms with Gasteiger partial charge in [0.15, 0.2) is 5.01 Å². The Balaban J connectivity index is 1.60. The van der Waals surface area contributed by atoms with E-state index in [-0.39, 0.29) is 5.91 Å². The van der Waals surface area contributed by atoms with Gasteiger partial charge in [0, 0.05) is 4.70 Å². The minimum Gasteiger partial charge on any atom is -0.496 e. The highest BCUT2D eigenvalue weighted by Gasteiger charge is 2.20. The van der Waals surface area contributed by atoms with Crippen LogP contribution in [0.2, 0.25) is 0 Å². The molecule has 4 aromatic rings. The molecular weight excluding hydrogens is 382 g/mol. The SMILES string of the molecule is COc1cccc(OC)c1C(=O)Nc1nnc(-c2cc3ccccc3s2)s1. The van der Waals surface area contributed by atoms with Gasteiger partial charge in [-0.2, -0.15) is 0 Å². The molecule has 0 aliphatic heterocycles. The second kappa shape index (κ2) is 7.34. The topological polar surface area (TPSA) is 73.3 Å². The van der Waals surface area contributed by atoms with Crippen LogP contribution in [0.25, 0.3) is 20.0 Å². The lowest BCUT2D eigenvalue weighted by Gasteiger charge is -2.11. The molecule has 2 heterocycles. The average molecular weight is 397 g/mol. The first-order valence-electron chi connectivity index (χ1n) is 8.04. The van der Waals surface area contributed by atoms with E-state index in [4.69, 9.17) is 9.47 Å². The molecule has 0 atom stereocenters. The van der Waals surface area contributed by atoms with E-state index in [0.717, 1.165) is 15.3 Å². The van der Waals surface area contributed by atoms with Crippen LogP contribution in [0.15, 0.2) is 48.5 Å². The molecule has 0 aliphatic rings. The number of benzene rings is 2. The van der Waals surface area contributed by atoms with Gasteiger partial charge in [-0.25, -0.2) is 0 Å². The largest absolute Gasteiger partial charge is 0.496 e. The highest BCUT2D eigenvalue weighted by Crippen LogP contribution is 2.36.